The molecule has 0 saturated heterocycles. The highest BCUT2D eigenvalue weighted by atomic mass is 127. The summed E-state index contributed by atoms with van der Waals surface area (Å²) in [6.45, 7) is 6.14. The first kappa shape index (κ1) is 22.0. The predicted molar refractivity (Wildman–Crippen MR) is 114 cm³/mol. The number of nitrogens with zero attached hydrogens (tertiary/aromatic N) is 1. The molecule has 2 N–H and O–H groups in total. The molecule has 0 heterocycles. The molecule has 0 aliphatic heterocycles. The molecule has 0 radical (unpaired) electrons. The van der Waals surface area contributed by atoms with Crippen LogP contribution in [0.3, 0.4) is 0 Å². The van der Waals surface area contributed by atoms with E-state index in [-0.39, 0.29) is 24.0 Å². The van der Waals surface area contributed by atoms with E-state index < -0.39 is 0 Å². The number of aliphatic imine (C=N–C) groups is 1. The maximum atomic E-state index is 5.84. The Hall–Kier alpha value is -1.02. The van der Waals surface area contributed by atoms with Crippen LogP contribution >= 0.6 is 24.0 Å². The lowest BCUT2D eigenvalue weighted by Gasteiger charge is -2.15. The number of halogens is 1. The second kappa shape index (κ2) is 11.6. The van der Waals surface area contributed by atoms with Gasteiger partial charge in [-0.25, -0.2) is 0 Å². The summed E-state index contributed by atoms with van der Waals surface area (Å²) in [5.74, 6) is 2.58. The van der Waals surface area contributed by atoms with Gasteiger partial charge in [0.25, 0.3) is 0 Å². The first-order valence-electron chi connectivity index (χ1n) is 8.86. The summed E-state index contributed by atoms with van der Waals surface area (Å²) in [7, 11) is 3.50. The SMILES string of the molecule is CCCC1CC1NC(=NC)NCc1ccc(C)cc1OCCOC.I. The van der Waals surface area contributed by atoms with Crippen LogP contribution < -0.4 is 15.4 Å². The van der Waals surface area contributed by atoms with Gasteiger partial charge in [-0.15, -0.1) is 24.0 Å². The Morgan fingerprint density at radius 1 is 1.32 bits per heavy atom. The van der Waals surface area contributed by atoms with E-state index in [0.29, 0.717) is 25.8 Å². The Morgan fingerprint density at radius 2 is 2.12 bits per heavy atom. The highest BCUT2D eigenvalue weighted by molar-refractivity contribution is 14.0. The number of ether oxygens (including phenoxy) is 2. The average Bonchev–Trinajstić information content (AvgIpc) is 3.31. The van der Waals surface area contributed by atoms with E-state index in [2.05, 4.69) is 47.7 Å². The summed E-state index contributed by atoms with van der Waals surface area (Å²) in [6, 6.07) is 6.86. The van der Waals surface area contributed by atoms with E-state index in [9.17, 15) is 0 Å². The fraction of sp³-hybridized carbons (Fsp3) is 0.632. The molecule has 2 rings (SSSR count). The fourth-order valence-electron chi connectivity index (χ4n) is 2.84. The molecule has 0 spiro atoms. The summed E-state index contributed by atoms with van der Waals surface area (Å²) in [5, 5.41) is 6.90. The summed E-state index contributed by atoms with van der Waals surface area (Å²) < 4.78 is 10.9. The van der Waals surface area contributed by atoms with E-state index in [1.165, 1.54) is 24.8 Å². The van der Waals surface area contributed by atoms with E-state index in [1.54, 1.807) is 7.11 Å². The largest absolute Gasteiger partial charge is 0.491 e. The van der Waals surface area contributed by atoms with Gasteiger partial charge in [-0.05, 0) is 37.3 Å². The van der Waals surface area contributed by atoms with Crippen molar-refractivity contribution in [1.82, 2.24) is 10.6 Å². The number of hydrogen-bond acceptors (Lipinski definition) is 3. The quantitative estimate of drug-likeness (QED) is 0.256. The lowest BCUT2D eigenvalue weighted by atomic mass is 10.1. The maximum Gasteiger partial charge on any atom is 0.191 e. The van der Waals surface area contributed by atoms with Crippen molar-refractivity contribution >= 4 is 29.9 Å². The van der Waals surface area contributed by atoms with Gasteiger partial charge in [0.1, 0.15) is 12.4 Å². The number of methoxy groups -OCH3 is 1. The molecule has 2 unspecified atom stereocenters. The van der Waals surface area contributed by atoms with Gasteiger partial charge in [0, 0.05) is 32.3 Å². The van der Waals surface area contributed by atoms with Crippen molar-refractivity contribution in [2.75, 3.05) is 27.4 Å². The molecular weight excluding hydrogens is 429 g/mol. The molecule has 1 aromatic rings. The van der Waals surface area contributed by atoms with Crippen LogP contribution in [0, 0.1) is 12.8 Å². The van der Waals surface area contributed by atoms with Crippen molar-refractivity contribution in [2.24, 2.45) is 10.9 Å². The minimum absolute atomic E-state index is 0. The first-order valence-corrected chi connectivity index (χ1v) is 8.86. The van der Waals surface area contributed by atoms with Gasteiger partial charge in [-0.1, -0.05) is 25.5 Å². The Kier molecular flexibility index (Phi) is 10.2. The van der Waals surface area contributed by atoms with Crippen LogP contribution in [0.2, 0.25) is 0 Å². The van der Waals surface area contributed by atoms with E-state index in [0.717, 1.165) is 23.2 Å². The molecule has 142 valence electrons. The van der Waals surface area contributed by atoms with Gasteiger partial charge < -0.3 is 20.1 Å². The Morgan fingerprint density at radius 3 is 2.80 bits per heavy atom. The third-order valence-electron chi connectivity index (χ3n) is 4.34. The third kappa shape index (κ3) is 7.40. The van der Waals surface area contributed by atoms with Crippen molar-refractivity contribution < 1.29 is 9.47 Å². The Labute approximate surface area is 169 Å². The number of benzene rings is 1. The summed E-state index contributed by atoms with van der Waals surface area (Å²) in [5.41, 5.74) is 2.31. The van der Waals surface area contributed by atoms with Gasteiger partial charge in [0.15, 0.2) is 5.96 Å². The summed E-state index contributed by atoms with van der Waals surface area (Å²) in [6.07, 6.45) is 3.80. The molecular formula is C19H32IN3O2. The monoisotopic (exact) mass is 461 g/mol. The molecule has 1 fully saturated rings. The van der Waals surface area contributed by atoms with Crippen molar-refractivity contribution in [3.63, 3.8) is 0 Å². The van der Waals surface area contributed by atoms with Gasteiger partial charge in [-0.2, -0.15) is 0 Å². The van der Waals surface area contributed by atoms with Crippen molar-refractivity contribution in [3.05, 3.63) is 29.3 Å². The number of hydrogen-bond donors (Lipinski definition) is 2. The van der Waals surface area contributed by atoms with Crippen LogP contribution in [-0.2, 0) is 11.3 Å². The van der Waals surface area contributed by atoms with E-state index >= 15 is 0 Å². The normalized spacial score (nSPS) is 19.1. The zero-order chi connectivity index (χ0) is 17.4. The Bertz CT molecular complexity index is 551. The first-order chi connectivity index (χ1) is 11.7. The number of nitrogens with one attached hydrogen (secondary N) is 2. The van der Waals surface area contributed by atoms with Crippen molar-refractivity contribution in [1.29, 1.82) is 0 Å². The molecule has 1 aliphatic carbocycles. The highest BCUT2D eigenvalue weighted by Gasteiger charge is 2.36. The van der Waals surface area contributed by atoms with Crippen LogP contribution in [0.4, 0.5) is 0 Å². The molecule has 6 heteroatoms. The van der Waals surface area contributed by atoms with E-state index in [1.807, 2.05) is 7.05 Å². The van der Waals surface area contributed by atoms with Crippen LogP contribution in [-0.4, -0.2) is 39.4 Å². The van der Waals surface area contributed by atoms with Gasteiger partial charge in [0.2, 0.25) is 0 Å². The minimum Gasteiger partial charge on any atom is -0.491 e. The zero-order valence-corrected chi connectivity index (χ0v) is 18.1. The molecule has 25 heavy (non-hydrogen) atoms. The standard InChI is InChI=1S/C19H31N3O2.HI/c1-5-6-15-12-17(15)22-19(20-3)21-13-16-8-7-14(2)11-18(16)24-10-9-23-4;/h7-8,11,15,17H,5-6,9-10,12-13H2,1-4H3,(H2,20,21,22);1H. The van der Waals surface area contributed by atoms with Gasteiger partial charge in [-0.3, -0.25) is 4.99 Å². The molecule has 1 saturated carbocycles. The molecule has 0 bridgehead atoms. The lowest BCUT2D eigenvalue weighted by molar-refractivity contribution is 0.145. The molecule has 5 nitrogen and oxygen atoms in total. The number of rotatable bonds is 9. The smallest absolute Gasteiger partial charge is 0.191 e. The second-order valence-electron chi connectivity index (χ2n) is 6.41. The molecule has 2 atom stereocenters. The summed E-state index contributed by atoms with van der Waals surface area (Å²) in [4.78, 5) is 4.33. The topological polar surface area (TPSA) is 54.9 Å². The highest BCUT2D eigenvalue weighted by Crippen LogP contribution is 2.34. The van der Waals surface area contributed by atoms with Gasteiger partial charge in [0.05, 0.1) is 6.61 Å². The van der Waals surface area contributed by atoms with Crippen molar-refractivity contribution in [3.8, 4) is 5.75 Å². The number of guanidine groups is 1. The molecule has 1 aromatic carbocycles. The minimum atomic E-state index is 0. The third-order valence-corrected chi connectivity index (χ3v) is 4.34. The van der Waals surface area contributed by atoms with Crippen molar-refractivity contribution in [2.45, 2.75) is 45.7 Å². The predicted octanol–water partition coefficient (Wildman–Crippen LogP) is 3.49. The van der Waals surface area contributed by atoms with Crippen LogP contribution in [0.5, 0.6) is 5.75 Å². The van der Waals surface area contributed by atoms with Crippen LogP contribution in [0.15, 0.2) is 23.2 Å². The summed E-state index contributed by atoms with van der Waals surface area (Å²) >= 11 is 0. The maximum absolute atomic E-state index is 5.84. The number of aryl methyl sites for hydroxylation is 1. The average molecular weight is 461 g/mol. The fourth-order valence-corrected chi connectivity index (χ4v) is 2.84. The lowest BCUT2D eigenvalue weighted by Crippen LogP contribution is -2.38. The second-order valence-corrected chi connectivity index (χ2v) is 6.41. The van der Waals surface area contributed by atoms with Crippen LogP contribution in [0.25, 0.3) is 0 Å². The van der Waals surface area contributed by atoms with Gasteiger partial charge >= 0.3 is 0 Å². The van der Waals surface area contributed by atoms with Crippen LogP contribution in [0.1, 0.15) is 37.3 Å². The molecule has 0 aromatic heterocycles. The van der Waals surface area contributed by atoms with E-state index in [4.69, 9.17) is 9.47 Å². The molecule has 0 amide bonds. The Balaban J connectivity index is 0.00000312. The zero-order valence-electron chi connectivity index (χ0n) is 15.8. The molecule has 1 aliphatic rings.